The molecule has 0 atom stereocenters. The highest BCUT2D eigenvalue weighted by Gasteiger charge is 2.28. The molecule has 2 heteroatoms. The second kappa shape index (κ2) is 4.43. The van der Waals surface area contributed by atoms with Gasteiger partial charge in [0.2, 0.25) is 0 Å². The second-order valence-electron chi connectivity index (χ2n) is 5.04. The van der Waals surface area contributed by atoms with E-state index >= 15 is 0 Å². The van der Waals surface area contributed by atoms with Crippen LogP contribution in [0.25, 0.3) is 0 Å². The Morgan fingerprint density at radius 1 is 1.00 bits per heavy atom. The quantitative estimate of drug-likeness (QED) is 0.485. The summed E-state index contributed by atoms with van der Waals surface area (Å²) < 4.78 is 0. The van der Waals surface area contributed by atoms with Crippen molar-refractivity contribution in [2.45, 2.75) is 66.1 Å². The Morgan fingerprint density at radius 3 is 1.77 bits per heavy atom. The van der Waals surface area contributed by atoms with Gasteiger partial charge in [-0.15, -0.1) is 0 Å². The first-order valence-corrected chi connectivity index (χ1v) is 5.08. The van der Waals surface area contributed by atoms with Crippen LogP contribution in [-0.4, -0.2) is 11.2 Å². The Morgan fingerprint density at radius 2 is 1.46 bits per heavy atom. The SMILES string of the molecule is CCC(C)(C)OOC(C)(C)C(C)C. The zero-order valence-electron chi connectivity index (χ0n) is 10.1. The van der Waals surface area contributed by atoms with E-state index in [-0.39, 0.29) is 11.2 Å². The molecule has 0 amide bonds. The summed E-state index contributed by atoms with van der Waals surface area (Å²) in [6, 6.07) is 0. The summed E-state index contributed by atoms with van der Waals surface area (Å²) in [6.07, 6.45) is 0.946. The van der Waals surface area contributed by atoms with Gasteiger partial charge in [0, 0.05) is 0 Å². The van der Waals surface area contributed by atoms with E-state index in [9.17, 15) is 0 Å². The fourth-order valence-electron chi connectivity index (χ4n) is 0.375. The summed E-state index contributed by atoms with van der Waals surface area (Å²) in [4.78, 5) is 10.9. The van der Waals surface area contributed by atoms with Gasteiger partial charge in [-0.1, -0.05) is 20.8 Å². The van der Waals surface area contributed by atoms with Crippen molar-refractivity contribution in [1.82, 2.24) is 0 Å². The second-order valence-corrected chi connectivity index (χ2v) is 5.04. The summed E-state index contributed by atoms with van der Waals surface area (Å²) in [7, 11) is 0. The lowest BCUT2D eigenvalue weighted by Crippen LogP contribution is -2.35. The molecule has 0 aromatic heterocycles. The molecule has 0 N–H and O–H groups in total. The van der Waals surface area contributed by atoms with Gasteiger partial charge in [0.25, 0.3) is 0 Å². The summed E-state index contributed by atoms with van der Waals surface area (Å²) in [6.45, 7) is 14.5. The maximum absolute atomic E-state index is 5.45. The van der Waals surface area contributed by atoms with E-state index in [0.717, 1.165) is 6.42 Å². The first-order chi connectivity index (χ1) is 5.71. The minimum atomic E-state index is -0.216. The number of hydrogen-bond donors (Lipinski definition) is 0. The van der Waals surface area contributed by atoms with Gasteiger partial charge in [-0.25, -0.2) is 9.78 Å². The summed E-state index contributed by atoms with van der Waals surface area (Å²) in [5, 5.41) is 0. The van der Waals surface area contributed by atoms with E-state index in [1.165, 1.54) is 0 Å². The molecule has 0 rings (SSSR count). The molecule has 0 bridgehead atoms. The fourth-order valence-corrected chi connectivity index (χ4v) is 0.375. The normalized spacial score (nSPS) is 13.8. The summed E-state index contributed by atoms with van der Waals surface area (Å²) in [5.41, 5.74) is -0.404. The van der Waals surface area contributed by atoms with Crippen molar-refractivity contribution in [3.8, 4) is 0 Å². The fraction of sp³-hybridized carbons (Fsp3) is 1.00. The monoisotopic (exact) mass is 188 g/mol. The Labute approximate surface area is 82.5 Å². The molecule has 0 fully saturated rings. The van der Waals surface area contributed by atoms with Crippen LogP contribution in [0, 0.1) is 5.92 Å². The highest BCUT2D eigenvalue weighted by atomic mass is 17.2. The molecule has 13 heavy (non-hydrogen) atoms. The van der Waals surface area contributed by atoms with Gasteiger partial charge in [-0.3, -0.25) is 0 Å². The minimum absolute atomic E-state index is 0.188. The van der Waals surface area contributed by atoms with Gasteiger partial charge in [0.1, 0.15) is 5.60 Å². The van der Waals surface area contributed by atoms with Crippen LogP contribution in [0.3, 0.4) is 0 Å². The molecule has 0 spiro atoms. The van der Waals surface area contributed by atoms with Crippen LogP contribution in [0.1, 0.15) is 54.9 Å². The molecule has 0 aromatic carbocycles. The topological polar surface area (TPSA) is 18.5 Å². The van der Waals surface area contributed by atoms with E-state index in [0.29, 0.717) is 5.92 Å². The van der Waals surface area contributed by atoms with Crippen molar-refractivity contribution in [2.75, 3.05) is 0 Å². The molecule has 0 unspecified atom stereocenters. The van der Waals surface area contributed by atoms with Crippen molar-refractivity contribution < 1.29 is 9.78 Å². The van der Waals surface area contributed by atoms with Gasteiger partial charge in [-0.2, -0.15) is 0 Å². The van der Waals surface area contributed by atoms with E-state index in [1.807, 2.05) is 27.7 Å². The van der Waals surface area contributed by atoms with Crippen molar-refractivity contribution >= 4 is 0 Å². The summed E-state index contributed by atoms with van der Waals surface area (Å²) >= 11 is 0. The lowest BCUT2D eigenvalue weighted by Gasteiger charge is -2.32. The largest absolute Gasteiger partial charge is 0.230 e. The van der Waals surface area contributed by atoms with Gasteiger partial charge >= 0.3 is 0 Å². The molecule has 0 aromatic rings. The predicted octanol–water partition coefficient (Wildman–Crippen LogP) is 3.56. The average Bonchev–Trinajstić information content (AvgIpc) is 2.01. The molecule has 0 saturated heterocycles. The first-order valence-electron chi connectivity index (χ1n) is 5.08. The summed E-state index contributed by atoms with van der Waals surface area (Å²) in [5.74, 6) is 0.445. The van der Waals surface area contributed by atoms with Gasteiger partial charge < -0.3 is 0 Å². The lowest BCUT2D eigenvalue weighted by atomic mass is 9.95. The molecule has 0 aliphatic rings. The third-order valence-corrected chi connectivity index (χ3v) is 2.72. The molecule has 0 aliphatic heterocycles. The highest BCUT2D eigenvalue weighted by molar-refractivity contribution is 4.71. The van der Waals surface area contributed by atoms with Crippen LogP contribution in [0.2, 0.25) is 0 Å². The molecule has 0 heterocycles. The first kappa shape index (κ1) is 12.9. The molecule has 2 nitrogen and oxygen atoms in total. The predicted molar refractivity (Wildman–Crippen MR) is 55.5 cm³/mol. The van der Waals surface area contributed by atoms with E-state index < -0.39 is 0 Å². The van der Waals surface area contributed by atoms with Crippen molar-refractivity contribution in [2.24, 2.45) is 5.92 Å². The molecule has 0 aliphatic carbocycles. The molecule has 80 valence electrons. The van der Waals surface area contributed by atoms with Crippen LogP contribution in [0.5, 0.6) is 0 Å². The Kier molecular flexibility index (Phi) is 4.40. The van der Waals surface area contributed by atoms with Crippen LogP contribution in [-0.2, 0) is 9.78 Å². The number of rotatable bonds is 5. The Hall–Kier alpha value is -0.0800. The standard InChI is InChI=1S/C11H24O2/c1-8-10(4,5)12-13-11(6,7)9(2)3/h9H,8H2,1-7H3. The Bertz CT molecular complexity index is 148. The maximum Gasteiger partial charge on any atom is 0.100 e. The molecule has 0 radical (unpaired) electrons. The van der Waals surface area contributed by atoms with Crippen LogP contribution in [0.4, 0.5) is 0 Å². The maximum atomic E-state index is 5.45. The third-order valence-electron chi connectivity index (χ3n) is 2.72. The average molecular weight is 188 g/mol. The van der Waals surface area contributed by atoms with E-state index in [2.05, 4.69) is 20.8 Å². The van der Waals surface area contributed by atoms with E-state index in [1.54, 1.807) is 0 Å². The van der Waals surface area contributed by atoms with Crippen molar-refractivity contribution in [3.63, 3.8) is 0 Å². The highest BCUT2D eigenvalue weighted by Crippen LogP contribution is 2.24. The van der Waals surface area contributed by atoms with Gasteiger partial charge in [-0.05, 0) is 40.0 Å². The zero-order chi connectivity index (χ0) is 10.7. The molecule has 0 saturated carbocycles. The third kappa shape index (κ3) is 4.63. The smallest absolute Gasteiger partial charge is 0.100 e. The van der Waals surface area contributed by atoms with E-state index in [4.69, 9.17) is 9.78 Å². The van der Waals surface area contributed by atoms with Gasteiger partial charge in [0.15, 0.2) is 0 Å². The minimum Gasteiger partial charge on any atom is -0.230 e. The van der Waals surface area contributed by atoms with Crippen molar-refractivity contribution in [1.29, 1.82) is 0 Å². The molecular weight excluding hydrogens is 164 g/mol. The molecular formula is C11H24O2. The van der Waals surface area contributed by atoms with Gasteiger partial charge in [0.05, 0.1) is 5.60 Å². The van der Waals surface area contributed by atoms with Crippen molar-refractivity contribution in [3.05, 3.63) is 0 Å². The van der Waals surface area contributed by atoms with Crippen LogP contribution in [0.15, 0.2) is 0 Å². The van der Waals surface area contributed by atoms with Crippen LogP contribution < -0.4 is 0 Å². The number of hydrogen-bond acceptors (Lipinski definition) is 2. The van der Waals surface area contributed by atoms with Crippen LogP contribution >= 0.6 is 0 Å². The zero-order valence-corrected chi connectivity index (χ0v) is 10.1. The lowest BCUT2D eigenvalue weighted by molar-refractivity contribution is -0.408. The Balaban J connectivity index is 4.02.